The van der Waals surface area contributed by atoms with Gasteiger partial charge in [0.15, 0.2) is 5.82 Å². The number of aromatic nitrogens is 2. The summed E-state index contributed by atoms with van der Waals surface area (Å²) >= 11 is 6.06. The van der Waals surface area contributed by atoms with Crippen LogP contribution in [-0.2, 0) is 11.3 Å². The Hall–Kier alpha value is -2.70. The fourth-order valence-electron chi connectivity index (χ4n) is 3.73. The van der Waals surface area contributed by atoms with Gasteiger partial charge in [-0.1, -0.05) is 34.5 Å². The van der Waals surface area contributed by atoms with E-state index in [0.29, 0.717) is 23.3 Å². The van der Waals surface area contributed by atoms with Gasteiger partial charge in [0.2, 0.25) is 5.91 Å². The van der Waals surface area contributed by atoms with E-state index in [1.54, 1.807) is 0 Å². The molecule has 0 saturated carbocycles. The van der Waals surface area contributed by atoms with Crippen molar-refractivity contribution in [1.29, 1.82) is 0 Å². The largest absolute Gasteiger partial charge is 0.334 e. The Bertz CT molecular complexity index is 1040. The molecular formula is C23H25ClN4O2. The van der Waals surface area contributed by atoms with E-state index in [1.807, 2.05) is 56.3 Å². The zero-order valence-electron chi connectivity index (χ0n) is 17.2. The van der Waals surface area contributed by atoms with Crippen LogP contribution < -0.4 is 5.32 Å². The van der Waals surface area contributed by atoms with Crippen LogP contribution in [-0.4, -0.2) is 34.0 Å². The molecular weight excluding hydrogens is 400 g/mol. The van der Waals surface area contributed by atoms with Gasteiger partial charge in [0.25, 0.3) is 5.89 Å². The van der Waals surface area contributed by atoms with E-state index < -0.39 is 0 Å². The predicted octanol–water partition coefficient (Wildman–Crippen LogP) is 4.86. The van der Waals surface area contributed by atoms with Crippen molar-refractivity contribution < 1.29 is 9.32 Å². The molecule has 2 aromatic carbocycles. The van der Waals surface area contributed by atoms with Crippen molar-refractivity contribution in [3.05, 3.63) is 64.4 Å². The highest BCUT2D eigenvalue weighted by Gasteiger charge is 2.26. The predicted molar refractivity (Wildman–Crippen MR) is 117 cm³/mol. The zero-order valence-corrected chi connectivity index (χ0v) is 17.9. The van der Waals surface area contributed by atoms with Crippen LogP contribution in [0.15, 0.2) is 47.0 Å². The number of hydrogen-bond acceptors (Lipinski definition) is 5. The molecule has 3 aromatic rings. The lowest BCUT2D eigenvalue weighted by molar-refractivity contribution is -0.121. The van der Waals surface area contributed by atoms with Gasteiger partial charge in [-0.25, -0.2) is 0 Å². The molecule has 0 spiro atoms. The third-order valence-electron chi connectivity index (χ3n) is 5.48. The number of piperidine rings is 1. The third-order valence-corrected chi connectivity index (χ3v) is 5.91. The van der Waals surface area contributed by atoms with Gasteiger partial charge < -0.3 is 9.84 Å². The van der Waals surface area contributed by atoms with Crippen LogP contribution in [0.5, 0.6) is 0 Å². The number of amides is 1. The number of rotatable bonds is 5. The number of likely N-dealkylation sites (tertiary alicyclic amines) is 1. The van der Waals surface area contributed by atoms with E-state index in [9.17, 15) is 4.79 Å². The summed E-state index contributed by atoms with van der Waals surface area (Å²) in [5, 5.41) is 7.84. The molecule has 0 aliphatic carbocycles. The van der Waals surface area contributed by atoms with Gasteiger partial charge in [-0.15, -0.1) is 0 Å². The Labute approximate surface area is 181 Å². The van der Waals surface area contributed by atoms with Crippen molar-refractivity contribution in [3.63, 3.8) is 0 Å². The van der Waals surface area contributed by atoms with Crippen LogP contribution in [0.3, 0.4) is 0 Å². The topological polar surface area (TPSA) is 71.3 Å². The highest BCUT2D eigenvalue weighted by molar-refractivity contribution is 6.31. The number of hydrogen-bond donors (Lipinski definition) is 1. The molecule has 0 unspecified atom stereocenters. The second-order valence-corrected chi connectivity index (χ2v) is 8.30. The zero-order chi connectivity index (χ0) is 21.1. The van der Waals surface area contributed by atoms with Crippen LogP contribution in [0.4, 0.5) is 5.69 Å². The minimum Gasteiger partial charge on any atom is -0.334 e. The number of aryl methyl sites for hydroxylation is 2. The molecule has 1 aromatic heterocycles. The van der Waals surface area contributed by atoms with E-state index in [2.05, 4.69) is 20.4 Å². The van der Waals surface area contributed by atoms with Crippen LogP contribution in [0, 0.1) is 19.8 Å². The monoisotopic (exact) mass is 424 g/mol. The molecule has 2 heterocycles. The smallest absolute Gasteiger partial charge is 0.257 e. The Balaban J connectivity index is 1.29. The van der Waals surface area contributed by atoms with E-state index >= 15 is 0 Å². The number of halogens is 1. The average Bonchev–Trinajstić information content (AvgIpc) is 3.20. The second kappa shape index (κ2) is 8.98. The molecule has 1 N–H and O–H groups in total. The van der Waals surface area contributed by atoms with Gasteiger partial charge in [-0.05, 0) is 75.7 Å². The van der Waals surface area contributed by atoms with Crippen molar-refractivity contribution >= 4 is 23.2 Å². The Kier molecular flexibility index (Phi) is 6.16. The normalized spacial score (nSPS) is 15.3. The molecule has 6 nitrogen and oxygen atoms in total. The van der Waals surface area contributed by atoms with E-state index in [-0.39, 0.29) is 11.8 Å². The molecule has 7 heteroatoms. The maximum atomic E-state index is 12.6. The van der Waals surface area contributed by atoms with Crippen LogP contribution >= 0.6 is 11.6 Å². The fraction of sp³-hybridized carbons (Fsp3) is 0.348. The van der Waals surface area contributed by atoms with E-state index in [0.717, 1.165) is 48.3 Å². The summed E-state index contributed by atoms with van der Waals surface area (Å²) in [7, 11) is 0. The first-order valence-electron chi connectivity index (χ1n) is 10.2. The molecule has 30 heavy (non-hydrogen) atoms. The summed E-state index contributed by atoms with van der Waals surface area (Å²) < 4.78 is 5.43. The van der Waals surface area contributed by atoms with Crippen LogP contribution in [0.1, 0.15) is 29.8 Å². The lowest BCUT2D eigenvalue weighted by atomic mass is 9.95. The van der Waals surface area contributed by atoms with Gasteiger partial charge in [-0.2, -0.15) is 4.98 Å². The van der Waals surface area contributed by atoms with E-state index in [1.165, 1.54) is 0 Å². The van der Waals surface area contributed by atoms with Crippen molar-refractivity contribution in [2.24, 2.45) is 5.92 Å². The second-order valence-electron chi connectivity index (χ2n) is 7.89. The molecule has 1 fully saturated rings. The van der Waals surface area contributed by atoms with Gasteiger partial charge in [-0.3, -0.25) is 9.69 Å². The van der Waals surface area contributed by atoms with E-state index in [4.69, 9.17) is 16.1 Å². The standard InChI is InChI=1S/C23H25ClN4O2/c1-15-4-3-5-18(12-15)23-26-21(27-30-23)14-28-10-8-17(9-11-28)22(29)25-19-6-7-20(24)16(2)13-19/h3-7,12-13,17H,8-11,14H2,1-2H3,(H,25,29). The maximum Gasteiger partial charge on any atom is 0.257 e. The van der Waals surface area contributed by atoms with Crippen molar-refractivity contribution in [2.45, 2.75) is 33.2 Å². The lowest BCUT2D eigenvalue weighted by Gasteiger charge is -2.30. The molecule has 1 aliphatic heterocycles. The highest BCUT2D eigenvalue weighted by atomic mass is 35.5. The molecule has 0 bridgehead atoms. The molecule has 156 valence electrons. The summed E-state index contributed by atoms with van der Waals surface area (Å²) in [6.45, 7) is 6.24. The fourth-order valence-corrected chi connectivity index (χ4v) is 3.85. The molecule has 0 radical (unpaired) electrons. The lowest BCUT2D eigenvalue weighted by Crippen LogP contribution is -2.38. The summed E-state index contributed by atoms with van der Waals surface area (Å²) in [6.07, 6.45) is 1.61. The third kappa shape index (κ3) is 4.89. The number of anilines is 1. The van der Waals surface area contributed by atoms with Gasteiger partial charge in [0.1, 0.15) is 0 Å². The summed E-state index contributed by atoms with van der Waals surface area (Å²) in [4.78, 5) is 19.4. The van der Waals surface area contributed by atoms with Crippen molar-refractivity contribution in [1.82, 2.24) is 15.0 Å². The molecule has 1 aliphatic rings. The van der Waals surface area contributed by atoms with Crippen molar-refractivity contribution in [2.75, 3.05) is 18.4 Å². The molecule has 1 saturated heterocycles. The Morgan fingerprint density at radius 2 is 2.00 bits per heavy atom. The number of nitrogens with zero attached hydrogens (tertiary/aromatic N) is 3. The summed E-state index contributed by atoms with van der Waals surface area (Å²) in [5.41, 5.74) is 3.83. The van der Waals surface area contributed by atoms with Crippen molar-refractivity contribution in [3.8, 4) is 11.5 Å². The summed E-state index contributed by atoms with van der Waals surface area (Å²) in [5.74, 6) is 1.29. The first kappa shape index (κ1) is 20.6. The number of carbonyl (C=O) groups is 1. The summed E-state index contributed by atoms with van der Waals surface area (Å²) in [6, 6.07) is 13.6. The minimum atomic E-state index is 0.00496. The first-order valence-corrected chi connectivity index (χ1v) is 10.5. The quantitative estimate of drug-likeness (QED) is 0.633. The number of benzene rings is 2. The Morgan fingerprint density at radius 3 is 2.73 bits per heavy atom. The molecule has 1 amide bonds. The average molecular weight is 425 g/mol. The maximum absolute atomic E-state index is 12.6. The number of carbonyl (C=O) groups excluding carboxylic acids is 1. The molecule has 4 rings (SSSR count). The van der Waals surface area contributed by atoms with Gasteiger partial charge >= 0.3 is 0 Å². The number of nitrogens with one attached hydrogen (secondary N) is 1. The van der Waals surface area contributed by atoms with Crippen LogP contribution in [0.25, 0.3) is 11.5 Å². The highest BCUT2D eigenvalue weighted by Crippen LogP contribution is 2.24. The minimum absolute atomic E-state index is 0.00496. The first-order chi connectivity index (χ1) is 14.5. The van der Waals surface area contributed by atoms with Gasteiger partial charge in [0.05, 0.1) is 6.54 Å². The van der Waals surface area contributed by atoms with Gasteiger partial charge in [0, 0.05) is 22.2 Å². The SMILES string of the molecule is Cc1cccc(-c2nc(CN3CCC(C(=O)Nc4ccc(Cl)c(C)c4)CC3)no2)c1. The Morgan fingerprint density at radius 1 is 1.20 bits per heavy atom. The van der Waals surface area contributed by atoms with Crippen LogP contribution in [0.2, 0.25) is 5.02 Å². The molecule has 0 atom stereocenters.